The smallest absolute Gasteiger partial charge is 0.326 e. The van der Waals surface area contributed by atoms with Gasteiger partial charge in [0.2, 0.25) is 5.91 Å². The highest BCUT2D eigenvalue weighted by molar-refractivity contribution is 5.93. The van der Waals surface area contributed by atoms with Gasteiger partial charge in [0, 0.05) is 43.9 Å². The highest BCUT2D eigenvalue weighted by Crippen LogP contribution is 2.35. The van der Waals surface area contributed by atoms with Gasteiger partial charge in [-0.3, -0.25) is 9.36 Å². The summed E-state index contributed by atoms with van der Waals surface area (Å²) in [6, 6.07) is 11.8. The number of amides is 1. The fourth-order valence-corrected chi connectivity index (χ4v) is 4.95. The number of nitrogens with zero attached hydrogens (tertiary/aromatic N) is 2. The number of aromatic nitrogens is 2. The Morgan fingerprint density at radius 1 is 1.21 bits per heavy atom. The molecule has 0 atom stereocenters. The summed E-state index contributed by atoms with van der Waals surface area (Å²) in [4.78, 5) is 31.1. The Labute approximate surface area is 200 Å². The van der Waals surface area contributed by atoms with Crippen molar-refractivity contribution in [3.05, 3.63) is 52.4 Å². The highest BCUT2D eigenvalue weighted by Gasteiger charge is 2.29. The van der Waals surface area contributed by atoms with Crippen LogP contribution < -0.4 is 26.0 Å². The van der Waals surface area contributed by atoms with Crippen LogP contribution in [0.4, 0.5) is 11.4 Å². The van der Waals surface area contributed by atoms with Crippen LogP contribution in [0.5, 0.6) is 5.75 Å². The Hall–Kier alpha value is -3.26. The second-order valence-corrected chi connectivity index (χ2v) is 9.18. The van der Waals surface area contributed by atoms with E-state index in [9.17, 15) is 9.59 Å². The molecule has 0 bridgehead atoms. The topological polar surface area (TPSA) is 91.4 Å². The maximum absolute atomic E-state index is 13.0. The average Bonchev–Trinajstić information content (AvgIpc) is 3.19. The molecule has 1 aliphatic carbocycles. The van der Waals surface area contributed by atoms with Crippen LogP contribution >= 0.6 is 0 Å². The molecule has 34 heavy (non-hydrogen) atoms. The first-order valence-electron chi connectivity index (χ1n) is 12.0. The minimum absolute atomic E-state index is 0.0316. The van der Waals surface area contributed by atoms with Gasteiger partial charge in [-0.05, 0) is 63.4 Å². The number of rotatable bonds is 8. The number of carbonyl (C=O) groups excluding carboxylic acids is 1. The lowest BCUT2D eigenvalue weighted by molar-refractivity contribution is -0.121. The maximum Gasteiger partial charge on any atom is 0.326 e. The van der Waals surface area contributed by atoms with Crippen LogP contribution in [0.2, 0.25) is 0 Å². The largest absolute Gasteiger partial charge is 0.496 e. The molecule has 0 saturated heterocycles. The molecule has 0 spiro atoms. The number of carbonyl (C=O) groups is 1. The number of aromatic amines is 1. The van der Waals surface area contributed by atoms with E-state index in [1.54, 1.807) is 7.11 Å². The number of aryl methyl sites for hydroxylation is 1. The Bertz CT molecular complexity index is 1210. The third kappa shape index (κ3) is 4.82. The molecule has 1 amide bonds. The Balaban J connectivity index is 1.46. The quantitative estimate of drug-likeness (QED) is 0.472. The van der Waals surface area contributed by atoms with E-state index in [1.807, 2.05) is 62.0 Å². The molecule has 0 radical (unpaired) electrons. The number of para-hydroxylation sites is 1. The lowest BCUT2D eigenvalue weighted by Crippen LogP contribution is -2.31. The SMILES string of the molecule is CNCCN(C)c1cccc2c1[nH]c(=O)n2[C@H]1CC[C@@H](C(=O)Nc2ccc(C)c(OC)c2)CC1. The van der Waals surface area contributed by atoms with Crippen molar-refractivity contribution in [3.8, 4) is 5.75 Å². The van der Waals surface area contributed by atoms with Gasteiger partial charge in [0.05, 0.1) is 23.8 Å². The molecule has 182 valence electrons. The molecule has 2 aromatic carbocycles. The number of benzene rings is 2. The lowest BCUT2D eigenvalue weighted by atomic mass is 9.85. The van der Waals surface area contributed by atoms with Crippen LogP contribution in [0.3, 0.4) is 0 Å². The van der Waals surface area contributed by atoms with E-state index in [0.717, 1.165) is 72.5 Å². The Morgan fingerprint density at radius 2 is 1.97 bits per heavy atom. The maximum atomic E-state index is 13.0. The summed E-state index contributed by atoms with van der Waals surface area (Å²) in [5.74, 6) is 0.730. The normalized spacial score (nSPS) is 18.1. The van der Waals surface area contributed by atoms with Crippen LogP contribution in [0.25, 0.3) is 11.0 Å². The van der Waals surface area contributed by atoms with Gasteiger partial charge < -0.3 is 25.3 Å². The molecule has 4 rings (SSSR count). The molecule has 8 heteroatoms. The fourth-order valence-electron chi connectivity index (χ4n) is 4.95. The minimum atomic E-state index is -0.0795. The van der Waals surface area contributed by atoms with Crippen molar-refractivity contribution in [1.82, 2.24) is 14.9 Å². The molecule has 1 saturated carbocycles. The summed E-state index contributed by atoms with van der Waals surface area (Å²) >= 11 is 0. The number of anilines is 2. The van der Waals surface area contributed by atoms with Crippen molar-refractivity contribution >= 4 is 28.3 Å². The number of H-pyrrole nitrogens is 1. The monoisotopic (exact) mass is 465 g/mol. The van der Waals surface area contributed by atoms with Gasteiger partial charge in [-0.25, -0.2) is 4.79 Å². The predicted molar refractivity (Wildman–Crippen MR) is 137 cm³/mol. The van der Waals surface area contributed by atoms with E-state index >= 15 is 0 Å². The number of hydrogen-bond donors (Lipinski definition) is 3. The van der Waals surface area contributed by atoms with Gasteiger partial charge in [-0.15, -0.1) is 0 Å². The number of nitrogens with one attached hydrogen (secondary N) is 3. The third-order valence-electron chi connectivity index (χ3n) is 6.95. The Kier molecular flexibility index (Phi) is 7.26. The molecule has 0 unspecified atom stereocenters. The molecular formula is C26H35N5O3. The molecule has 1 heterocycles. The number of fused-ring (bicyclic) bond motifs is 1. The van der Waals surface area contributed by atoms with E-state index in [-0.39, 0.29) is 23.6 Å². The molecule has 1 fully saturated rings. The second-order valence-electron chi connectivity index (χ2n) is 9.18. The van der Waals surface area contributed by atoms with Crippen molar-refractivity contribution in [1.29, 1.82) is 0 Å². The standard InChI is InChI=1S/C26H35N5O3/c1-17-8-11-19(16-23(17)34-4)28-25(32)18-9-12-20(13-10-18)31-22-7-5-6-21(24(22)29-26(31)33)30(3)15-14-27-2/h5-8,11,16,18,20,27H,9-10,12-15H2,1-4H3,(H,28,32)(H,29,33)/t18-,20+. The molecular weight excluding hydrogens is 430 g/mol. The van der Waals surface area contributed by atoms with Crippen molar-refractivity contribution in [2.24, 2.45) is 5.92 Å². The predicted octanol–water partition coefficient (Wildman–Crippen LogP) is 3.67. The summed E-state index contributed by atoms with van der Waals surface area (Å²) in [6.45, 7) is 3.68. The van der Waals surface area contributed by atoms with Crippen LogP contribution in [-0.2, 0) is 4.79 Å². The minimum Gasteiger partial charge on any atom is -0.496 e. The zero-order valence-electron chi connectivity index (χ0n) is 20.5. The molecule has 1 aromatic heterocycles. The van der Waals surface area contributed by atoms with Gasteiger partial charge in [0.15, 0.2) is 0 Å². The number of hydrogen-bond acceptors (Lipinski definition) is 5. The summed E-state index contributed by atoms with van der Waals surface area (Å²) < 4.78 is 7.26. The third-order valence-corrected chi connectivity index (χ3v) is 6.95. The summed E-state index contributed by atoms with van der Waals surface area (Å²) in [6.07, 6.45) is 3.09. The Morgan fingerprint density at radius 3 is 2.68 bits per heavy atom. The van der Waals surface area contributed by atoms with E-state index in [2.05, 4.69) is 20.5 Å². The van der Waals surface area contributed by atoms with Gasteiger partial charge in [-0.2, -0.15) is 0 Å². The van der Waals surface area contributed by atoms with Crippen molar-refractivity contribution in [2.45, 2.75) is 38.6 Å². The van der Waals surface area contributed by atoms with Crippen LogP contribution in [-0.4, -0.2) is 49.8 Å². The molecule has 1 aliphatic rings. The number of likely N-dealkylation sites (N-methyl/N-ethyl adjacent to an activating group) is 2. The van der Waals surface area contributed by atoms with E-state index < -0.39 is 0 Å². The van der Waals surface area contributed by atoms with Gasteiger partial charge >= 0.3 is 5.69 Å². The fraction of sp³-hybridized carbons (Fsp3) is 0.462. The lowest BCUT2D eigenvalue weighted by Gasteiger charge is -2.28. The van der Waals surface area contributed by atoms with Gasteiger partial charge in [0.25, 0.3) is 0 Å². The number of imidazole rings is 1. The van der Waals surface area contributed by atoms with E-state index in [1.165, 1.54) is 0 Å². The van der Waals surface area contributed by atoms with Crippen LogP contribution in [0, 0.1) is 12.8 Å². The van der Waals surface area contributed by atoms with E-state index in [0.29, 0.717) is 0 Å². The number of methoxy groups -OCH3 is 1. The molecule has 8 nitrogen and oxygen atoms in total. The second kappa shape index (κ2) is 10.3. The molecule has 3 N–H and O–H groups in total. The molecule has 0 aliphatic heterocycles. The highest BCUT2D eigenvalue weighted by atomic mass is 16.5. The van der Waals surface area contributed by atoms with Gasteiger partial charge in [-0.1, -0.05) is 12.1 Å². The first-order chi connectivity index (χ1) is 16.4. The van der Waals surface area contributed by atoms with Crippen LogP contribution in [0.15, 0.2) is 41.2 Å². The number of ether oxygens (including phenoxy) is 1. The first-order valence-corrected chi connectivity index (χ1v) is 12.0. The van der Waals surface area contributed by atoms with Crippen molar-refractivity contribution in [3.63, 3.8) is 0 Å². The van der Waals surface area contributed by atoms with Gasteiger partial charge in [0.1, 0.15) is 5.75 Å². The van der Waals surface area contributed by atoms with Crippen LogP contribution in [0.1, 0.15) is 37.3 Å². The van der Waals surface area contributed by atoms with E-state index in [4.69, 9.17) is 4.74 Å². The summed E-state index contributed by atoms with van der Waals surface area (Å²) in [7, 11) is 5.60. The average molecular weight is 466 g/mol. The van der Waals surface area contributed by atoms with Crippen molar-refractivity contribution in [2.75, 3.05) is 44.5 Å². The van der Waals surface area contributed by atoms with Crippen molar-refractivity contribution < 1.29 is 9.53 Å². The summed E-state index contributed by atoms with van der Waals surface area (Å²) in [5.41, 5.74) is 4.52. The first kappa shape index (κ1) is 23.9. The zero-order chi connectivity index (χ0) is 24.2. The molecule has 3 aromatic rings. The zero-order valence-corrected chi connectivity index (χ0v) is 20.5. The summed E-state index contributed by atoms with van der Waals surface area (Å²) in [5, 5.41) is 6.20.